The zero-order valence-electron chi connectivity index (χ0n) is 29.8. The fourth-order valence-corrected chi connectivity index (χ4v) is 10.9. The smallest absolute Gasteiger partial charge is 0.302 e. The predicted octanol–water partition coefficient (Wildman–Crippen LogP) is 9.71. The van der Waals surface area contributed by atoms with E-state index in [0.29, 0.717) is 23.2 Å². The van der Waals surface area contributed by atoms with Gasteiger partial charge in [0.15, 0.2) is 0 Å². The van der Waals surface area contributed by atoms with Crippen LogP contribution in [-0.4, -0.2) is 25.4 Å². The van der Waals surface area contributed by atoms with Crippen LogP contribution in [-0.2, 0) is 14.3 Å². The van der Waals surface area contributed by atoms with Gasteiger partial charge in [-0.05, 0) is 104 Å². The zero-order valence-corrected chi connectivity index (χ0v) is 29.8. The molecule has 0 amide bonds. The number of allylic oxidation sites excluding steroid dienone is 3. The largest absolute Gasteiger partial charge is 0.462 e. The maximum atomic E-state index is 12.1. The van der Waals surface area contributed by atoms with E-state index in [4.69, 9.17) is 11.3 Å². The summed E-state index contributed by atoms with van der Waals surface area (Å²) in [5.41, 5.74) is 7.90. The summed E-state index contributed by atoms with van der Waals surface area (Å²) < 4.78 is 5.89. The molecule has 0 saturated heterocycles. The third-order valence-corrected chi connectivity index (χ3v) is 13.3. The van der Waals surface area contributed by atoms with Crippen molar-refractivity contribution in [3.05, 3.63) is 23.8 Å². The highest BCUT2D eigenvalue weighted by molar-refractivity contribution is 5.66. The van der Waals surface area contributed by atoms with Crippen LogP contribution in [0.1, 0.15) is 141 Å². The number of rotatable bonds is 2. The number of carbonyl (C=O) groups is 2. The summed E-state index contributed by atoms with van der Waals surface area (Å²) in [5, 5.41) is 0. The zero-order chi connectivity index (χ0) is 32.5. The summed E-state index contributed by atoms with van der Waals surface area (Å²) in [7, 11) is 1.50. The summed E-state index contributed by atoms with van der Waals surface area (Å²) >= 11 is 0. The van der Waals surface area contributed by atoms with Crippen molar-refractivity contribution in [2.24, 2.45) is 56.0 Å². The molecule has 5 aliphatic rings. The standard InChI is InChI=1S/C33H50O3.2C2H6.CH5N/c1-21-18-23-24-19-29(5,20-34)14-15-30(24,6)16-17-32(23,8)33(9)13-10-25-28(3,4)26(36-22(2)35)11-12-31(25,7)27(21)33;3*1-2/h18,20,24-27H,1,10-17,19H2,2-9H3;2*1-2H3;2H2,1H3/t24?,25?,26?,27?,29-,30?,31?,32?,33?;;;/m0.../s1. The van der Waals surface area contributed by atoms with Gasteiger partial charge in [0.2, 0.25) is 0 Å². The lowest BCUT2D eigenvalue weighted by atomic mass is 9.33. The van der Waals surface area contributed by atoms with E-state index in [-0.39, 0.29) is 39.1 Å². The van der Waals surface area contributed by atoms with Gasteiger partial charge in [-0.25, -0.2) is 0 Å². The molecule has 5 aliphatic carbocycles. The second kappa shape index (κ2) is 12.9. The first kappa shape index (κ1) is 36.8. The Morgan fingerprint density at radius 1 is 0.905 bits per heavy atom. The minimum absolute atomic E-state index is 0.00498. The van der Waals surface area contributed by atoms with Crippen LogP contribution in [0.3, 0.4) is 0 Å². The topological polar surface area (TPSA) is 69.4 Å². The molecule has 0 aromatic heterocycles. The fraction of sp³-hybridized carbons (Fsp3) is 0.842. The molecule has 0 radical (unpaired) electrons. The van der Waals surface area contributed by atoms with E-state index >= 15 is 0 Å². The van der Waals surface area contributed by atoms with Gasteiger partial charge in [-0.3, -0.25) is 4.79 Å². The first-order valence-electron chi connectivity index (χ1n) is 17.2. The third-order valence-electron chi connectivity index (χ3n) is 13.3. The third kappa shape index (κ3) is 5.49. The molecule has 0 heterocycles. The highest BCUT2D eigenvalue weighted by Gasteiger charge is 2.69. The Labute approximate surface area is 260 Å². The fourth-order valence-electron chi connectivity index (χ4n) is 10.9. The quantitative estimate of drug-likeness (QED) is 0.259. The van der Waals surface area contributed by atoms with Crippen LogP contribution in [0.5, 0.6) is 0 Å². The average Bonchev–Trinajstić information content (AvgIpc) is 2.95. The number of nitrogens with two attached hydrogens (primary N) is 1. The number of fused-ring (bicyclic) bond motifs is 7. The molecule has 0 spiro atoms. The van der Waals surface area contributed by atoms with Crippen molar-refractivity contribution in [1.82, 2.24) is 0 Å². The van der Waals surface area contributed by atoms with Crippen molar-refractivity contribution < 1.29 is 14.3 Å². The molecule has 0 aromatic carbocycles. The molecular weight excluding hydrogens is 518 g/mol. The van der Waals surface area contributed by atoms with Gasteiger partial charge in [-0.2, -0.15) is 0 Å². The van der Waals surface area contributed by atoms with Crippen LogP contribution in [0.4, 0.5) is 0 Å². The average molecular weight is 586 g/mol. The summed E-state index contributed by atoms with van der Waals surface area (Å²) in [4.78, 5) is 24.1. The second-order valence-corrected chi connectivity index (χ2v) is 15.6. The Kier molecular flexibility index (Phi) is 11.3. The van der Waals surface area contributed by atoms with E-state index in [1.807, 2.05) is 27.7 Å². The van der Waals surface area contributed by atoms with Gasteiger partial charge in [-0.15, -0.1) is 0 Å². The van der Waals surface area contributed by atoms with E-state index in [0.717, 1.165) is 32.1 Å². The Hall–Kier alpha value is -1.42. The minimum Gasteiger partial charge on any atom is -0.462 e. The van der Waals surface area contributed by atoms with Gasteiger partial charge in [-0.1, -0.05) is 100.0 Å². The molecule has 0 aliphatic heterocycles. The van der Waals surface area contributed by atoms with Crippen molar-refractivity contribution >= 4 is 12.3 Å². The Balaban J connectivity index is 0.000000966. The van der Waals surface area contributed by atoms with Gasteiger partial charge in [0, 0.05) is 17.8 Å². The van der Waals surface area contributed by atoms with Gasteiger partial charge < -0.3 is 15.3 Å². The van der Waals surface area contributed by atoms with Crippen molar-refractivity contribution in [3.8, 4) is 0 Å². The monoisotopic (exact) mass is 586 g/mol. The molecule has 9 atom stereocenters. The molecular formula is C38H67NO3. The van der Waals surface area contributed by atoms with E-state index in [2.05, 4.69) is 60.3 Å². The van der Waals surface area contributed by atoms with Crippen LogP contribution >= 0.6 is 0 Å². The number of ether oxygens (including phenoxy) is 1. The minimum atomic E-state index is -0.203. The van der Waals surface area contributed by atoms with Crippen LogP contribution in [0.15, 0.2) is 23.8 Å². The lowest BCUT2D eigenvalue weighted by Crippen LogP contribution is -2.65. The van der Waals surface area contributed by atoms with E-state index in [1.54, 1.807) is 12.5 Å². The second-order valence-electron chi connectivity index (χ2n) is 15.6. The van der Waals surface area contributed by atoms with Crippen LogP contribution in [0.2, 0.25) is 0 Å². The van der Waals surface area contributed by atoms with Crippen LogP contribution < -0.4 is 5.73 Å². The molecule has 8 unspecified atom stereocenters. The summed E-state index contributed by atoms with van der Waals surface area (Å²) in [6, 6.07) is 0. The van der Waals surface area contributed by atoms with Gasteiger partial charge in [0.25, 0.3) is 0 Å². The van der Waals surface area contributed by atoms with E-state index < -0.39 is 0 Å². The molecule has 42 heavy (non-hydrogen) atoms. The molecule has 4 fully saturated rings. The number of carbonyl (C=O) groups excluding carboxylic acids is 2. The number of aldehydes is 1. The highest BCUT2D eigenvalue weighted by Crippen LogP contribution is 2.76. The first-order chi connectivity index (χ1) is 19.6. The molecule has 4 heteroatoms. The van der Waals surface area contributed by atoms with Gasteiger partial charge >= 0.3 is 5.97 Å². The van der Waals surface area contributed by atoms with Crippen molar-refractivity contribution in [2.45, 2.75) is 147 Å². The maximum Gasteiger partial charge on any atom is 0.302 e. The number of hydrogen-bond donors (Lipinski definition) is 1. The Bertz CT molecular complexity index is 1030. The summed E-state index contributed by atoms with van der Waals surface area (Å²) in [6.45, 7) is 31.4. The van der Waals surface area contributed by atoms with Crippen molar-refractivity contribution in [3.63, 3.8) is 0 Å². The maximum absolute atomic E-state index is 12.1. The molecule has 4 saturated carbocycles. The lowest BCUT2D eigenvalue weighted by Gasteiger charge is -2.71. The molecule has 4 nitrogen and oxygen atoms in total. The summed E-state index contributed by atoms with van der Waals surface area (Å²) in [6.07, 6.45) is 13.8. The first-order valence-corrected chi connectivity index (χ1v) is 17.2. The van der Waals surface area contributed by atoms with Gasteiger partial charge in [0.05, 0.1) is 0 Å². The van der Waals surface area contributed by atoms with Crippen molar-refractivity contribution in [2.75, 3.05) is 7.05 Å². The van der Waals surface area contributed by atoms with Gasteiger partial charge in [0.1, 0.15) is 12.4 Å². The molecule has 0 aromatic rings. The van der Waals surface area contributed by atoms with E-state index in [1.165, 1.54) is 44.6 Å². The summed E-state index contributed by atoms with van der Waals surface area (Å²) in [5.74, 6) is 1.25. The number of hydrogen-bond acceptors (Lipinski definition) is 4. The van der Waals surface area contributed by atoms with Crippen LogP contribution in [0.25, 0.3) is 0 Å². The van der Waals surface area contributed by atoms with Crippen molar-refractivity contribution in [1.29, 1.82) is 0 Å². The molecule has 242 valence electrons. The normalized spacial score (nSPS) is 44.6. The Morgan fingerprint density at radius 2 is 1.48 bits per heavy atom. The van der Waals surface area contributed by atoms with Crippen LogP contribution in [0, 0.1) is 50.2 Å². The lowest BCUT2D eigenvalue weighted by molar-refractivity contribution is -0.203. The van der Waals surface area contributed by atoms with E-state index in [9.17, 15) is 9.59 Å². The predicted molar refractivity (Wildman–Crippen MR) is 178 cm³/mol. The Morgan fingerprint density at radius 3 is 2.02 bits per heavy atom. The number of esters is 1. The molecule has 0 bridgehead atoms. The highest BCUT2D eigenvalue weighted by atomic mass is 16.5. The molecule has 2 N–H and O–H groups in total. The SMILES string of the molecule is C=C1C=C2C3C[C@@](C)(C=O)CCC3(C)CCC2(C)C2(C)CCC3C(C)(C)C(OC(C)=O)CCC3(C)C12.CC.CC.CN. The molecule has 5 rings (SSSR count).